The van der Waals surface area contributed by atoms with E-state index in [2.05, 4.69) is 14.6 Å². The standard InChI is InChI=1S/C11H13NO3.C11H15NO2.ClH/c1-7-6-9(11(13)15-3)4-5-10(7)8(2)12-14;1-7-6-9(11(13)14-3)4-5-10(7)8(2)12;/h4-6,14H,1-3H3;4-6,8H,12H2,1-3H3;1H. The average molecular weight is 437 g/mol. The summed E-state index contributed by atoms with van der Waals surface area (Å²) < 4.78 is 9.22. The molecule has 0 spiro atoms. The van der Waals surface area contributed by atoms with Crippen LogP contribution in [0.2, 0.25) is 0 Å². The minimum absolute atomic E-state index is 0. The van der Waals surface area contributed by atoms with Crippen LogP contribution < -0.4 is 5.73 Å². The lowest BCUT2D eigenvalue weighted by molar-refractivity contribution is 0.0591. The second-order valence-electron chi connectivity index (χ2n) is 6.56. The van der Waals surface area contributed by atoms with Gasteiger partial charge in [0.2, 0.25) is 0 Å². The van der Waals surface area contributed by atoms with Crippen molar-refractivity contribution < 1.29 is 24.3 Å². The number of hydrogen-bond donors (Lipinski definition) is 2. The highest BCUT2D eigenvalue weighted by Gasteiger charge is 2.10. The molecule has 0 aliphatic heterocycles. The topological polar surface area (TPSA) is 111 Å². The fourth-order valence-corrected chi connectivity index (χ4v) is 2.80. The van der Waals surface area contributed by atoms with Gasteiger partial charge in [-0.15, -0.1) is 12.4 Å². The Hall–Kier alpha value is -2.90. The zero-order chi connectivity index (χ0) is 22.1. The van der Waals surface area contributed by atoms with E-state index in [0.717, 1.165) is 22.3 Å². The number of hydrogen-bond acceptors (Lipinski definition) is 7. The van der Waals surface area contributed by atoms with Crippen LogP contribution in [0.1, 0.15) is 62.9 Å². The number of methoxy groups -OCH3 is 2. The van der Waals surface area contributed by atoms with Crippen molar-refractivity contribution >= 4 is 30.1 Å². The van der Waals surface area contributed by atoms with Crippen molar-refractivity contribution in [2.75, 3.05) is 14.2 Å². The Labute approximate surface area is 183 Å². The smallest absolute Gasteiger partial charge is 0.337 e. The van der Waals surface area contributed by atoms with Crippen molar-refractivity contribution in [3.8, 4) is 0 Å². The van der Waals surface area contributed by atoms with E-state index < -0.39 is 0 Å². The summed E-state index contributed by atoms with van der Waals surface area (Å²) >= 11 is 0. The first-order valence-electron chi connectivity index (χ1n) is 8.98. The fraction of sp³-hybridized carbons (Fsp3) is 0.318. The first-order valence-corrected chi connectivity index (χ1v) is 8.98. The summed E-state index contributed by atoms with van der Waals surface area (Å²) in [5.41, 5.74) is 11.1. The monoisotopic (exact) mass is 436 g/mol. The summed E-state index contributed by atoms with van der Waals surface area (Å²) in [4.78, 5) is 22.4. The SMILES string of the molecule is COC(=O)c1ccc(C(C)=NO)c(C)c1.COC(=O)c1ccc(C(C)N)c(C)c1.Cl. The third-order valence-corrected chi connectivity index (χ3v) is 4.37. The van der Waals surface area contributed by atoms with Gasteiger partial charge in [0.1, 0.15) is 0 Å². The lowest BCUT2D eigenvalue weighted by atomic mass is 10.0. The number of oxime groups is 1. The molecule has 7 nitrogen and oxygen atoms in total. The van der Waals surface area contributed by atoms with Crippen LogP contribution >= 0.6 is 12.4 Å². The van der Waals surface area contributed by atoms with Crippen LogP contribution in [0.4, 0.5) is 0 Å². The Bertz CT molecular complexity index is 910. The maximum Gasteiger partial charge on any atom is 0.337 e. The quantitative estimate of drug-likeness (QED) is 0.321. The van der Waals surface area contributed by atoms with Crippen molar-refractivity contribution in [3.63, 3.8) is 0 Å². The Balaban J connectivity index is 0.000000544. The van der Waals surface area contributed by atoms with Gasteiger partial charge in [-0.05, 0) is 68.7 Å². The number of halogens is 1. The summed E-state index contributed by atoms with van der Waals surface area (Å²) in [7, 11) is 2.71. The molecule has 3 N–H and O–H groups in total. The van der Waals surface area contributed by atoms with E-state index in [1.807, 2.05) is 26.8 Å². The molecular weight excluding hydrogens is 408 g/mol. The zero-order valence-corrected chi connectivity index (χ0v) is 18.9. The number of esters is 2. The molecule has 2 rings (SSSR count). The number of ether oxygens (including phenoxy) is 2. The molecule has 0 heterocycles. The third-order valence-electron chi connectivity index (χ3n) is 4.37. The van der Waals surface area contributed by atoms with E-state index >= 15 is 0 Å². The summed E-state index contributed by atoms with van der Waals surface area (Å²) in [6, 6.07) is 10.5. The van der Waals surface area contributed by atoms with Gasteiger partial charge >= 0.3 is 11.9 Å². The van der Waals surface area contributed by atoms with Crippen LogP contribution in [0, 0.1) is 13.8 Å². The molecule has 0 bridgehead atoms. The molecule has 0 aliphatic rings. The second-order valence-corrected chi connectivity index (χ2v) is 6.56. The largest absolute Gasteiger partial charge is 0.465 e. The zero-order valence-electron chi connectivity index (χ0n) is 18.1. The highest BCUT2D eigenvalue weighted by atomic mass is 35.5. The van der Waals surface area contributed by atoms with Crippen LogP contribution in [0.15, 0.2) is 41.6 Å². The Morgan fingerprint density at radius 3 is 1.80 bits per heavy atom. The molecule has 2 aromatic rings. The van der Waals surface area contributed by atoms with Crippen molar-refractivity contribution in [2.45, 2.75) is 33.7 Å². The molecular formula is C22H29ClN2O5. The molecule has 0 amide bonds. The van der Waals surface area contributed by atoms with Crippen LogP contribution in [0.5, 0.6) is 0 Å². The van der Waals surface area contributed by atoms with E-state index in [4.69, 9.17) is 10.9 Å². The van der Waals surface area contributed by atoms with Crippen molar-refractivity contribution in [3.05, 3.63) is 69.8 Å². The first-order chi connectivity index (χ1) is 13.7. The Kier molecular flexibility index (Phi) is 11.4. The number of carbonyl (C=O) groups is 2. The third kappa shape index (κ3) is 7.17. The molecule has 0 saturated carbocycles. The first kappa shape index (κ1) is 27.1. The van der Waals surface area contributed by atoms with Crippen LogP contribution in [0.3, 0.4) is 0 Å². The molecule has 0 fully saturated rings. The molecule has 0 saturated heterocycles. The maximum absolute atomic E-state index is 11.2. The minimum atomic E-state index is -0.372. The van der Waals surface area contributed by atoms with Crippen molar-refractivity contribution in [2.24, 2.45) is 10.9 Å². The number of aryl methyl sites for hydroxylation is 2. The summed E-state index contributed by atoms with van der Waals surface area (Å²) in [6.45, 7) is 7.39. The van der Waals surface area contributed by atoms with Crippen molar-refractivity contribution in [1.29, 1.82) is 0 Å². The van der Waals surface area contributed by atoms with Crippen LogP contribution in [-0.2, 0) is 9.47 Å². The van der Waals surface area contributed by atoms with E-state index in [1.165, 1.54) is 14.2 Å². The van der Waals surface area contributed by atoms with Gasteiger partial charge in [-0.1, -0.05) is 17.3 Å². The van der Waals surface area contributed by atoms with E-state index in [9.17, 15) is 9.59 Å². The fourth-order valence-electron chi connectivity index (χ4n) is 2.80. The Morgan fingerprint density at radius 1 is 0.967 bits per heavy atom. The number of benzene rings is 2. The highest BCUT2D eigenvalue weighted by Crippen LogP contribution is 2.17. The minimum Gasteiger partial charge on any atom is -0.465 e. The van der Waals surface area contributed by atoms with Gasteiger partial charge in [-0.25, -0.2) is 9.59 Å². The normalized spacial score (nSPS) is 11.4. The lowest BCUT2D eigenvalue weighted by Crippen LogP contribution is -2.08. The van der Waals surface area contributed by atoms with E-state index in [1.54, 1.807) is 37.3 Å². The van der Waals surface area contributed by atoms with Crippen LogP contribution in [0.25, 0.3) is 0 Å². The van der Waals surface area contributed by atoms with Gasteiger partial charge in [-0.3, -0.25) is 0 Å². The second kappa shape index (κ2) is 12.6. The van der Waals surface area contributed by atoms with Gasteiger partial charge < -0.3 is 20.4 Å². The number of nitrogens with two attached hydrogens (primary N) is 1. The lowest BCUT2D eigenvalue weighted by Gasteiger charge is -2.10. The summed E-state index contributed by atoms with van der Waals surface area (Å²) in [6.07, 6.45) is 0. The van der Waals surface area contributed by atoms with Gasteiger partial charge in [0.15, 0.2) is 0 Å². The predicted octanol–water partition coefficient (Wildman–Crippen LogP) is 4.20. The molecule has 30 heavy (non-hydrogen) atoms. The highest BCUT2D eigenvalue weighted by molar-refractivity contribution is 6.00. The van der Waals surface area contributed by atoms with Crippen LogP contribution in [-0.4, -0.2) is 37.1 Å². The molecule has 1 atom stereocenters. The summed E-state index contributed by atoms with van der Waals surface area (Å²) in [5.74, 6) is -0.687. The molecule has 0 aromatic heterocycles. The van der Waals surface area contributed by atoms with E-state index in [0.29, 0.717) is 16.8 Å². The van der Waals surface area contributed by atoms with Gasteiger partial charge in [-0.2, -0.15) is 0 Å². The van der Waals surface area contributed by atoms with Crippen molar-refractivity contribution in [1.82, 2.24) is 0 Å². The molecule has 1 unspecified atom stereocenters. The number of nitrogens with zero attached hydrogens (tertiary/aromatic N) is 1. The van der Waals surface area contributed by atoms with Gasteiger partial charge in [0.05, 0.1) is 31.1 Å². The van der Waals surface area contributed by atoms with Gasteiger partial charge in [0, 0.05) is 11.6 Å². The molecule has 2 aromatic carbocycles. The Morgan fingerprint density at radius 2 is 1.43 bits per heavy atom. The van der Waals surface area contributed by atoms with Gasteiger partial charge in [0.25, 0.3) is 0 Å². The molecule has 164 valence electrons. The average Bonchev–Trinajstić information content (AvgIpc) is 2.71. The molecule has 0 aliphatic carbocycles. The molecule has 0 radical (unpaired) electrons. The predicted molar refractivity (Wildman–Crippen MR) is 119 cm³/mol. The maximum atomic E-state index is 11.2. The molecule has 8 heteroatoms. The number of rotatable bonds is 4. The number of carbonyl (C=O) groups excluding carboxylic acids is 2. The van der Waals surface area contributed by atoms with E-state index in [-0.39, 0.29) is 30.4 Å². The summed E-state index contributed by atoms with van der Waals surface area (Å²) in [5, 5.41) is 11.7.